The first-order valence-electron chi connectivity index (χ1n) is 9.10. The number of ether oxygens (including phenoxy) is 1. The van der Waals surface area contributed by atoms with Gasteiger partial charge in [-0.25, -0.2) is 0 Å². The number of Topliss-reactive ketones (excluding diaryl/α,β-unsaturated/α-hetero) is 1. The summed E-state index contributed by atoms with van der Waals surface area (Å²) in [6.45, 7) is 7.73. The second kappa shape index (κ2) is 6.38. The second-order valence-electron chi connectivity index (χ2n) is 7.08. The quantitative estimate of drug-likeness (QED) is 0.473. The molecule has 3 unspecified atom stereocenters. The fourth-order valence-electron chi connectivity index (χ4n) is 4.79. The van der Waals surface area contributed by atoms with Gasteiger partial charge in [0, 0.05) is 25.6 Å². The van der Waals surface area contributed by atoms with Gasteiger partial charge in [-0.05, 0) is 31.9 Å². The topological polar surface area (TPSA) is 63.7 Å². The van der Waals surface area contributed by atoms with Gasteiger partial charge in [-0.15, -0.1) is 0 Å². The van der Waals surface area contributed by atoms with Crippen LogP contribution in [-0.2, 0) is 24.5 Å². The summed E-state index contributed by atoms with van der Waals surface area (Å²) in [4.78, 5) is 39.4. The van der Waals surface area contributed by atoms with Crippen LogP contribution in [0.5, 0.6) is 0 Å². The Labute approximate surface area is 154 Å². The molecule has 1 spiro atoms. The van der Waals surface area contributed by atoms with Crippen molar-refractivity contribution in [2.45, 2.75) is 45.6 Å². The standard InChI is InChI=1S/C21H25NO4/c1-5-21(14(3)23)19(25)22(6-2)13-20(21)12-11-18(26-15(4)24)16-9-7-8-10-17(16)20/h7-12,18H,5-6,13H2,1-4H3. The summed E-state index contributed by atoms with van der Waals surface area (Å²) in [5, 5.41) is 0. The number of rotatable bonds is 4. The molecule has 1 aliphatic carbocycles. The van der Waals surface area contributed by atoms with Crippen LogP contribution in [0, 0.1) is 5.41 Å². The highest BCUT2D eigenvalue weighted by Crippen LogP contribution is 2.56. The van der Waals surface area contributed by atoms with Crippen molar-refractivity contribution >= 4 is 17.7 Å². The van der Waals surface area contributed by atoms with Gasteiger partial charge in [0.1, 0.15) is 17.3 Å². The van der Waals surface area contributed by atoms with Gasteiger partial charge in [0.05, 0.1) is 5.41 Å². The van der Waals surface area contributed by atoms with Gasteiger partial charge in [-0.1, -0.05) is 37.3 Å². The lowest BCUT2D eigenvalue weighted by Crippen LogP contribution is -2.51. The molecule has 2 aliphatic rings. The molecule has 0 aromatic heterocycles. The lowest BCUT2D eigenvalue weighted by molar-refractivity contribution is -0.147. The number of fused-ring (bicyclic) bond motifs is 2. The zero-order chi connectivity index (χ0) is 19.1. The minimum atomic E-state index is -1.13. The predicted octanol–water partition coefficient (Wildman–Crippen LogP) is 2.95. The van der Waals surface area contributed by atoms with Crippen molar-refractivity contribution in [1.82, 2.24) is 4.90 Å². The highest BCUT2D eigenvalue weighted by Gasteiger charge is 2.66. The van der Waals surface area contributed by atoms with Crippen LogP contribution in [0.15, 0.2) is 36.4 Å². The van der Waals surface area contributed by atoms with Crippen molar-refractivity contribution in [3.63, 3.8) is 0 Å². The summed E-state index contributed by atoms with van der Waals surface area (Å²) in [6.07, 6.45) is 3.68. The highest BCUT2D eigenvalue weighted by atomic mass is 16.5. The van der Waals surface area contributed by atoms with Crippen LogP contribution in [0.4, 0.5) is 0 Å². The van der Waals surface area contributed by atoms with E-state index in [1.165, 1.54) is 13.8 Å². The van der Waals surface area contributed by atoms with Crippen molar-refractivity contribution in [3.05, 3.63) is 47.5 Å². The van der Waals surface area contributed by atoms with Gasteiger partial charge in [0.25, 0.3) is 0 Å². The number of likely N-dealkylation sites (N-methyl/N-ethyl adjacent to an activating group) is 1. The number of hydrogen-bond acceptors (Lipinski definition) is 4. The summed E-state index contributed by atoms with van der Waals surface area (Å²) in [5.74, 6) is -0.594. The smallest absolute Gasteiger partial charge is 0.303 e. The minimum Gasteiger partial charge on any atom is -0.453 e. The number of benzene rings is 1. The molecule has 1 fully saturated rings. The number of likely N-dealkylation sites (tertiary alicyclic amines) is 1. The van der Waals surface area contributed by atoms with E-state index in [0.717, 1.165) is 11.1 Å². The van der Waals surface area contributed by atoms with Crippen molar-refractivity contribution in [2.75, 3.05) is 13.1 Å². The van der Waals surface area contributed by atoms with Crippen molar-refractivity contribution < 1.29 is 19.1 Å². The molecule has 0 N–H and O–H groups in total. The Kier molecular flexibility index (Phi) is 4.51. The van der Waals surface area contributed by atoms with Gasteiger partial charge in [-0.3, -0.25) is 14.4 Å². The fraction of sp³-hybridized carbons (Fsp3) is 0.476. The third kappa shape index (κ3) is 2.26. The molecule has 5 heteroatoms. The largest absolute Gasteiger partial charge is 0.453 e. The van der Waals surface area contributed by atoms with Gasteiger partial charge >= 0.3 is 5.97 Å². The Morgan fingerprint density at radius 2 is 1.92 bits per heavy atom. The first kappa shape index (κ1) is 18.4. The molecule has 5 nitrogen and oxygen atoms in total. The molecule has 1 aromatic carbocycles. The Bertz CT molecular complexity index is 799. The molecular formula is C21H25NO4. The fourth-order valence-corrected chi connectivity index (χ4v) is 4.79. The molecular weight excluding hydrogens is 330 g/mol. The van der Waals surface area contributed by atoms with Crippen molar-refractivity contribution in [3.8, 4) is 0 Å². The van der Waals surface area contributed by atoms with Crippen LogP contribution in [0.25, 0.3) is 0 Å². The Balaban J connectivity index is 2.27. The molecule has 3 rings (SSSR count). The van der Waals surface area contributed by atoms with Crippen LogP contribution in [-0.4, -0.2) is 35.6 Å². The first-order chi connectivity index (χ1) is 12.3. The molecule has 138 valence electrons. The average molecular weight is 355 g/mol. The van der Waals surface area contributed by atoms with E-state index in [-0.39, 0.29) is 17.7 Å². The summed E-state index contributed by atoms with van der Waals surface area (Å²) in [5.41, 5.74) is -0.129. The maximum absolute atomic E-state index is 13.3. The predicted molar refractivity (Wildman–Crippen MR) is 97.4 cm³/mol. The number of carbonyl (C=O) groups excluding carboxylic acids is 3. The maximum atomic E-state index is 13.3. The van der Waals surface area contributed by atoms with Crippen LogP contribution in [0.1, 0.15) is 51.3 Å². The Hall–Kier alpha value is -2.43. The summed E-state index contributed by atoms with van der Waals surface area (Å²) in [7, 11) is 0. The van der Waals surface area contributed by atoms with E-state index in [0.29, 0.717) is 19.5 Å². The third-order valence-corrected chi connectivity index (χ3v) is 5.96. The van der Waals surface area contributed by atoms with Gasteiger partial charge in [-0.2, -0.15) is 0 Å². The van der Waals surface area contributed by atoms with Gasteiger partial charge < -0.3 is 9.64 Å². The average Bonchev–Trinajstić information content (AvgIpc) is 2.87. The SMILES string of the molecule is CCN1CC2(C=CC(OC(C)=O)c3ccccc32)C(CC)(C(C)=O)C1=O. The first-order valence-corrected chi connectivity index (χ1v) is 9.10. The molecule has 1 aromatic rings. The van der Waals surface area contributed by atoms with Crippen LogP contribution in [0.3, 0.4) is 0 Å². The van der Waals surface area contributed by atoms with E-state index in [9.17, 15) is 14.4 Å². The number of hydrogen-bond donors (Lipinski definition) is 0. The number of esters is 1. The molecule has 3 atom stereocenters. The third-order valence-electron chi connectivity index (χ3n) is 5.96. The number of carbonyl (C=O) groups is 3. The summed E-state index contributed by atoms with van der Waals surface area (Å²) < 4.78 is 5.45. The lowest BCUT2D eigenvalue weighted by Gasteiger charge is -2.43. The van der Waals surface area contributed by atoms with Crippen molar-refractivity contribution in [2.24, 2.45) is 5.41 Å². The van der Waals surface area contributed by atoms with E-state index in [2.05, 4.69) is 0 Å². The van der Waals surface area contributed by atoms with E-state index in [1.807, 2.05) is 50.3 Å². The maximum Gasteiger partial charge on any atom is 0.303 e. The van der Waals surface area contributed by atoms with E-state index in [4.69, 9.17) is 4.74 Å². The van der Waals surface area contributed by atoms with Crippen LogP contribution >= 0.6 is 0 Å². The molecule has 26 heavy (non-hydrogen) atoms. The Morgan fingerprint density at radius 3 is 2.50 bits per heavy atom. The highest BCUT2D eigenvalue weighted by molar-refractivity contribution is 6.09. The molecule has 1 heterocycles. The molecule has 1 aliphatic heterocycles. The minimum absolute atomic E-state index is 0.111. The Morgan fingerprint density at radius 1 is 1.23 bits per heavy atom. The van der Waals surface area contributed by atoms with Gasteiger partial charge in [0.15, 0.2) is 0 Å². The molecule has 0 bridgehead atoms. The zero-order valence-corrected chi connectivity index (χ0v) is 15.7. The van der Waals surface area contributed by atoms with Crippen molar-refractivity contribution in [1.29, 1.82) is 0 Å². The molecule has 0 saturated carbocycles. The normalized spacial score (nSPS) is 29.8. The van der Waals surface area contributed by atoms with E-state index in [1.54, 1.807) is 4.90 Å². The van der Waals surface area contributed by atoms with Crippen LogP contribution < -0.4 is 0 Å². The zero-order valence-electron chi connectivity index (χ0n) is 15.7. The summed E-state index contributed by atoms with van der Waals surface area (Å²) in [6, 6.07) is 7.66. The molecule has 0 radical (unpaired) electrons. The van der Waals surface area contributed by atoms with E-state index < -0.39 is 16.9 Å². The second-order valence-corrected chi connectivity index (χ2v) is 7.08. The number of nitrogens with zero attached hydrogens (tertiary/aromatic N) is 1. The molecule has 1 saturated heterocycles. The van der Waals surface area contributed by atoms with E-state index >= 15 is 0 Å². The summed E-state index contributed by atoms with van der Waals surface area (Å²) >= 11 is 0. The van der Waals surface area contributed by atoms with Gasteiger partial charge in [0.2, 0.25) is 5.91 Å². The molecule has 1 amide bonds. The lowest BCUT2D eigenvalue weighted by atomic mass is 9.56. The number of amides is 1. The monoisotopic (exact) mass is 355 g/mol. The number of ketones is 1. The van der Waals surface area contributed by atoms with Crippen LogP contribution in [0.2, 0.25) is 0 Å².